The maximum absolute atomic E-state index is 12.2. The largest absolute Gasteiger partial charge is 0.507 e. The number of benzene rings is 2. The molecule has 0 aliphatic carbocycles. The van der Waals surface area contributed by atoms with Crippen LogP contribution in [0.15, 0.2) is 36.4 Å². The van der Waals surface area contributed by atoms with Crippen LogP contribution in [-0.2, 0) is 16.0 Å². The molecule has 32 heavy (non-hydrogen) atoms. The van der Waals surface area contributed by atoms with Crippen molar-refractivity contribution in [2.45, 2.75) is 52.9 Å². The van der Waals surface area contributed by atoms with Gasteiger partial charge in [0.25, 0.3) is 0 Å². The number of carbonyl (C=O) groups is 2. The second kappa shape index (κ2) is 12.7. The topological polar surface area (TPSA) is 82.1 Å². The van der Waals surface area contributed by atoms with E-state index in [2.05, 4.69) is 4.74 Å². The standard InChI is InChI=1S/C26H34O6/c1-18(2)17-23(27)22-12-13-24(19(3)26(22)29)32-16-6-5-15-31-21-10-7-20(8-11-21)9-14-25(28)30-4/h7-8,10-13,18,29H,5-6,9,14-17H2,1-4H3. The zero-order chi connectivity index (χ0) is 23.5. The van der Waals surface area contributed by atoms with E-state index in [0.717, 1.165) is 24.2 Å². The Kier molecular flexibility index (Phi) is 10.1. The number of ether oxygens (including phenoxy) is 3. The lowest BCUT2D eigenvalue weighted by atomic mass is 9.98. The van der Waals surface area contributed by atoms with Crippen LogP contribution in [0.1, 0.15) is 61.0 Å². The van der Waals surface area contributed by atoms with Crippen molar-refractivity contribution in [1.29, 1.82) is 0 Å². The van der Waals surface area contributed by atoms with Gasteiger partial charge in [-0.25, -0.2) is 0 Å². The first-order valence-corrected chi connectivity index (χ1v) is 11.1. The quantitative estimate of drug-likeness (QED) is 0.258. The van der Waals surface area contributed by atoms with Gasteiger partial charge in [0.2, 0.25) is 0 Å². The van der Waals surface area contributed by atoms with Crippen molar-refractivity contribution in [3.63, 3.8) is 0 Å². The van der Waals surface area contributed by atoms with E-state index < -0.39 is 0 Å². The van der Waals surface area contributed by atoms with E-state index in [9.17, 15) is 14.7 Å². The third-order valence-corrected chi connectivity index (χ3v) is 5.11. The van der Waals surface area contributed by atoms with Crippen LogP contribution in [0.4, 0.5) is 0 Å². The Morgan fingerprint density at radius 2 is 1.62 bits per heavy atom. The predicted octanol–water partition coefficient (Wildman–Crippen LogP) is 5.27. The molecule has 0 aliphatic rings. The Hall–Kier alpha value is -3.02. The monoisotopic (exact) mass is 442 g/mol. The van der Waals surface area contributed by atoms with Crippen LogP contribution >= 0.6 is 0 Å². The fourth-order valence-corrected chi connectivity index (χ4v) is 3.22. The molecule has 2 aromatic carbocycles. The molecular weight excluding hydrogens is 408 g/mol. The van der Waals surface area contributed by atoms with Gasteiger partial charge in [-0.3, -0.25) is 9.59 Å². The molecular formula is C26H34O6. The lowest BCUT2D eigenvalue weighted by Gasteiger charge is -2.13. The molecule has 2 aromatic rings. The zero-order valence-corrected chi connectivity index (χ0v) is 19.5. The number of esters is 1. The minimum absolute atomic E-state index is 0.00603. The fraction of sp³-hybridized carbons (Fsp3) is 0.462. The van der Waals surface area contributed by atoms with Crippen LogP contribution in [0.25, 0.3) is 0 Å². The Bertz CT molecular complexity index is 886. The third kappa shape index (κ3) is 7.91. The number of hydrogen-bond donors (Lipinski definition) is 1. The SMILES string of the molecule is COC(=O)CCc1ccc(OCCCCOc2ccc(C(=O)CC(C)C)c(O)c2C)cc1. The van der Waals surface area contributed by atoms with Gasteiger partial charge in [0, 0.05) is 18.4 Å². The fourth-order valence-electron chi connectivity index (χ4n) is 3.22. The van der Waals surface area contributed by atoms with Gasteiger partial charge in [-0.05, 0) is 61.9 Å². The lowest BCUT2D eigenvalue weighted by Crippen LogP contribution is -2.06. The molecule has 0 aliphatic heterocycles. The minimum atomic E-state index is -0.214. The van der Waals surface area contributed by atoms with E-state index in [1.54, 1.807) is 19.1 Å². The minimum Gasteiger partial charge on any atom is -0.507 e. The molecule has 0 radical (unpaired) electrons. The highest BCUT2D eigenvalue weighted by Gasteiger charge is 2.17. The summed E-state index contributed by atoms with van der Waals surface area (Å²) in [6.07, 6.45) is 3.03. The van der Waals surface area contributed by atoms with Gasteiger partial charge in [0.05, 0.1) is 25.9 Å². The van der Waals surface area contributed by atoms with Gasteiger partial charge in [-0.1, -0.05) is 26.0 Å². The molecule has 0 fully saturated rings. The zero-order valence-electron chi connectivity index (χ0n) is 19.5. The number of aromatic hydroxyl groups is 1. The van der Waals surface area contributed by atoms with Gasteiger partial charge in [0.15, 0.2) is 5.78 Å². The van der Waals surface area contributed by atoms with Crippen molar-refractivity contribution >= 4 is 11.8 Å². The smallest absolute Gasteiger partial charge is 0.305 e. The predicted molar refractivity (Wildman–Crippen MR) is 124 cm³/mol. The molecule has 0 spiro atoms. The molecule has 0 amide bonds. The van der Waals surface area contributed by atoms with Crippen LogP contribution < -0.4 is 9.47 Å². The summed E-state index contributed by atoms with van der Waals surface area (Å²) in [6.45, 7) is 6.78. The van der Waals surface area contributed by atoms with Crippen LogP contribution in [0, 0.1) is 12.8 Å². The molecule has 0 aromatic heterocycles. The first-order chi connectivity index (χ1) is 15.3. The summed E-state index contributed by atoms with van der Waals surface area (Å²) < 4.78 is 16.2. The summed E-state index contributed by atoms with van der Waals surface area (Å²) in [6, 6.07) is 11.1. The molecule has 0 bridgehead atoms. The maximum Gasteiger partial charge on any atom is 0.305 e. The molecule has 2 rings (SSSR count). The number of aryl methyl sites for hydroxylation is 1. The van der Waals surface area contributed by atoms with Crippen molar-refractivity contribution in [2.24, 2.45) is 5.92 Å². The van der Waals surface area contributed by atoms with E-state index >= 15 is 0 Å². The van der Waals surface area contributed by atoms with E-state index in [4.69, 9.17) is 9.47 Å². The molecule has 0 heterocycles. The average molecular weight is 443 g/mol. The summed E-state index contributed by atoms with van der Waals surface area (Å²) in [7, 11) is 1.39. The number of ketones is 1. The highest BCUT2D eigenvalue weighted by molar-refractivity contribution is 5.99. The van der Waals surface area contributed by atoms with Crippen LogP contribution in [0.2, 0.25) is 0 Å². The van der Waals surface area contributed by atoms with E-state index in [0.29, 0.717) is 49.4 Å². The Balaban J connectivity index is 1.71. The summed E-state index contributed by atoms with van der Waals surface area (Å²) >= 11 is 0. The number of Topliss-reactive ketones (excluding diaryl/α,β-unsaturated/α-hetero) is 1. The van der Waals surface area contributed by atoms with E-state index in [1.807, 2.05) is 38.1 Å². The second-order valence-corrected chi connectivity index (χ2v) is 8.23. The Labute approximate surface area is 190 Å². The Morgan fingerprint density at radius 1 is 0.969 bits per heavy atom. The maximum atomic E-state index is 12.2. The number of methoxy groups -OCH3 is 1. The molecule has 174 valence electrons. The first kappa shape index (κ1) is 25.2. The highest BCUT2D eigenvalue weighted by Crippen LogP contribution is 2.32. The van der Waals surface area contributed by atoms with Gasteiger partial charge < -0.3 is 19.3 Å². The van der Waals surface area contributed by atoms with E-state index in [1.165, 1.54) is 7.11 Å². The van der Waals surface area contributed by atoms with Gasteiger partial charge in [-0.2, -0.15) is 0 Å². The van der Waals surface area contributed by atoms with Crippen molar-refractivity contribution in [3.05, 3.63) is 53.1 Å². The van der Waals surface area contributed by atoms with Crippen LogP contribution in [0.5, 0.6) is 17.2 Å². The molecule has 6 nitrogen and oxygen atoms in total. The molecule has 0 saturated carbocycles. The van der Waals surface area contributed by atoms with Crippen LogP contribution in [-0.4, -0.2) is 37.2 Å². The number of carbonyl (C=O) groups excluding carboxylic acids is 2. The van der Waals surface area contributed by atoms with Gasteiger partial charge >= 0.3 is 5.97 Å². The normalized spacial score (nSPS) is 10.8. The van der Waals surface area contributed by atoms with Crippen molar-refractivity contribution in [2.75, 3.05) is 20.3 Å². The Morgan fingerprint density at radius 3 is 2.25 bits per heavy atom. The first-order valence-electron chi connectivity index (χ1n) is 11.1. The lowest BCUT2D eigenvalue weighted by molar-refractivity contribution is -0.140. The van der Waals surface area contributed by atoms with Crippen molar-refractivity contribution in [1.82, 2.24) is 0 Å². The van der Waals surface area contributed by atoms with Gasteiger partial charge in [0.1, 0.15) is 17.2 Å². The third-order valence-electron chi connectivity index (χ3n) is 5.11. The summed E-state index contributed by atoms with van der Waals surface area (Å²) in [5.74, 6) is 1.35. The molecule has 1 N–H and O–H groups in total. The number of hydrogen-bond acceptors (Lipinski definition) is 6. The average Bonchev–Trinajstić information content (AvgIpc) is 2.77. The molecule has 0 saturated heterocycles. The second-order valence-electron chi connectivity index (χ2n) is 8.23. The number of unbranched alkanes of at least 4 members (excludes halogenated alkanes) is 1. The number of phenolic OH excluding ortho intramolecular Hbond substituents is 1. The molecule has 0 atom stereocenters. The summed E-state index contributed by atoms with van der Waals surface area (Å²) in [5, 5.41) is 10.4. The summed E-state index contributed by atoms with van der Waals surface area (Å²) in [4.78, 5) is 23.4. The number of rotatable bonds is 13. The van der Waals surface area contributed by atoms with Crippen LogP contribution in [0.3, 0.4) is 0 Å². The highest BCUT2D eigenvalue weighted by atomic mass is 16.5. The molecule has 0 unspecified atom stereocenters. The summed E-state index contributed by atoms with van der Waals surface area (Å²) in [5.41, 5.74) is 2.00. The van der Waals surface area contributed by atoms with Crippen molar-refractivity contribution < 1.29 is 28.9 Å². The van der Waals surface area contributed by atoms with Crippen molar-refractivity contribution in [3.8, 4) is 17.2 Å². The van der Waals surface area contributed by atoms with E-state index in [-0.39, 0.29) is 23.4 Å². The van der Waals surface area contributed by atoms with Gasteiger partial charge in [-0.15, -0.1) is 0 Å². The number of phenols is 1. The molecule has 6 heteroatoms.